The van der Waals surface area contributed by atoms with Crippen molar-refractivity contribution in [2.24, 2.45) is 5.73 Å². The van der Waals surface area contributed by atoms with E-state index >= 15 is 0 Å². The highest BCUT2D eigenvalue weighted by Crippen LogP contribution is 2.40. The summed E-state index contributed by atoms with van der Waals surface area (Å²) in [7, 11) is -3.84. The van der Waals surface area contributed by atoms with Crippen molar-refractivity contribution < 1.29 is 23.1 Å². The summed E-state index contributed by atoms with van der Waals surface area (Å²) < 4.78 is 32.1. The van der Waals surface area contributed by atoms with Crippen molar-refractivity contribution in [3.8, 4) is 11.5 Å². The molecule has 0 saturated heterocycles. The third-order valence-corrected chi connectivity index (χ3v) is 7.52. The number of carboxylic acids is 1. The molecule has 0 fully saturated rings. The Morgan fingerprint density at radius 2 is 1.64 bits per heavy atom. The summed E-state index contributed by atoms with van der Waals surface area (Å²) in [5.41, 5.74) is 6.41. The second-order valence-electron chi connectivity index (χ2n) is 7.05. The average Bonchev–Trinajstić information content (AvgIpc) is 3.20. The number of aromatic nitrogens is 1. The number of ether oxygens (including phenoxy) is 1. The van der Waals surface area contributed by atoms with Crippen LogP contribution in [0.1, 0.15) is 11.6 Å². The number of benzene rings is 3. The van der Waals surface area contributed by atoms with Crippen LogP contribution in [0, 0.1) is 0 Å². The number of H-pyrrole nitrogens is 1. The molecule has 0 bridgehead atoms. The smallest absolute Gasteiger partial charge is 0.325 e. The van der Waals surface area contributed by atoms with Gasteiger partial charge < -0.3 is 20.6 Å². The maximum Gasteiger partial charge on any atom is 0.325 e. The number of aliphatic carboxylic acids is 1. The van der Waals surface area contributed by atoms with Crippen molar-refractivity contribution in [1.82, 2.24) is 4.98 Å². The topological polar surface area (TPSA) is 122 Å². The summed E-state index contributed by atoms with van der Waals surface area (Å²) >= 11 is 18.4. The molecule has 33 heavy (non-hydrogen) atoms. The molecule has 0 aliphatic carbocycles. The maximum absolute atomic E-state index is 13.1. The first-order valence-corrected chi connectivity index (χ1v) is 12.0. The summed E-state index contributed by atoms with van der Waals surface area (Å²) in [4.78, 5) is 14.2. The van der Waals surface area contributed by atoms with E-state index in [-0.39, 0.29) is 36.9 Å². The van der Waals surface area contributed by atoms with Crippen molar-refractivity contribution in [3.05, 3.63) is 81.4 Å². The van der Waals surface area contributed by atoms with Gasteiger partial charge >= 0.3 is 5.97 Å². The lowest BCUT2D eigenvalue weighted by Gasteiger charge is -2.13. The van der Waals surface area contributed by atoms with E-state index in [0.717, 1.165) is 0 Å². The average molecular weight is 526 g/mol. The summed E-state index contributed by atoms with van der Waals surface area (Å²) in [6, 6.07) is 12.1. The van der Waals surface area contributed by atoms with E-state index < -0.39 is 21.8 Å². The van der Waals surface area contributed by atoms with Gasteiger partial charge in [0.05, 0.1) is 19.8 Å². The van der Waals surface area contributed by atoms with Gasteiger partial charge in [-0.1, -0.05) is 34.8 Å². The van der Waals surface area contributed by atoms with E-state index in [1.807, 2.05) is 0 Å². The molecule has 0 aliphatic heterocycles. The molecule has 0 unspecified atom stereocenters. The Morgan fingerprint density at radius 3 is 2.24 bits per heavy atom. The third-order valence-electron chi connectivity index (χ3n) is 4.89. The molecule has 0 saturated carbocycles. The van der Waals surface area contributed by atoms with Gasteiger partial charge in [-0.3, -0.25) is 4.79 Å². The Labute approximate surface area is 203 Å². The van der Waals surface area contributed by atoms with Gasteiger partial charge in [-0.25, -0.2) is 8.42 Å². The number of nitrogens with one attached hydrogen (secondary N) is 1. The first-order valence-electron chi connectivity index (χ1n) is 9.35. The highest BCUT2D eigenvalue weighted by atomic mass is 35.5. The van der Waals surface area contributed by atoms with Crippen LogP contribution in [0.5, 0.6) is 11.5 Å². The molecule has 11 heteroatoms. The van der Waals surface area contributed by atoms with Crippen LogP contribution in [0.25, 0.3) is 10.9 Å². The molecule has 1 atom stereocenters. The van der Waals surface area contributed by atoms with Crippen LogP contribution >= 0.6 is 34.8 Å². The lowest BCUT2D eigenvalue weighted by Crippen LogP contribution is -2.20. The van der Waals surface area contributed by atoms with Crippen LogP contribution in [0.4, 0.5) is 0 Å². The molecule has 7 nitrogen and oxygen atoms in total. The van der Waals surface area contributed by atoms with Crippen LogP contribution in [-0.4, -0.2) is 24.5 Å². The van der Waals surface area contributed by atoms with Crippen LogP contribution in [0.2, 0.25) is 15.1 Å². The molecule has 1 aromatic heterocycles. The fraction of sp³-hybridized carbons (Fsp3) is 0.0455. The fourth-order valence-corrected chi connectivity index (χ4v) is 5.35. The highest BCUT2D eigenvalue weighted by molar-refractivity contribution is 7.91. The van der Waals surface area contributed by atoms with Gasteiger partial charge in [-0.15, -0.1) is 0 Å². The predicted molar refractivity (Wildman–Crippen MR) is 126 cm³/mol. The van der Waals surface area contributed by atoms with Gasteiger partial charge in [-0.2, -0.15) is 0 Å². The summed E-state index contributed by atoms with van der Waals surface area (Å²) in [6.45, 7) is 0. The number of hydrogen-bond acceptors (Lipinski definition) is 5. The van der Waals surface area contributed by atoms with Gasteiger partial charge in [0, 0.05) is 22.1 Å². The maximum atomic E-state index is 13.1. The highest BCUT2D eigenvalue weighted by Gasteiger charge is 2.23. The molecule has 0 amide bonds. The molecular formula is C22H15Cl3N2O5S. The number of nitrogens with two attached hydrogens (primary N) is 1. The lowest BCUT2D eigenvalue weighted by atomic mass is 10.1. The molecule has 1 heterocycles. The van der Waals surface area contributed by atoms with Crippen LogP contribution in [-0.2, 0) is 14.6 Å². The number of aromatic amines is 1. The Hall–Kier alpha value is -2.75. The minimum Gasteiger partial charge on any atom is -0.480 e. The fourth-order valence-electron chi connectivity index (χ4n) is 3.22. The molecule has 4 aromatic rings. The van der Waals surface area contributed by atoms with Gasteiger partial charge in [0.2, 0.25) is 9.84 Å². The largest absolute Gasteiger partial charge is 0.480 e. The number of rotatable bonds is 6. The van der Waals surface area contributed by atoms with Crippen molar-refractivity contribution in [2.75, 3.05) is 0 Å². The molecule has 0 radical (unpaired) electrons. The van der Waals surface area contributed by atoms with E-state index in [1.54, 1.807) is 12.1 Å². The molecule has 4 rings (SSSR count). The van der Waals surface area contributed by atoms with Gasteiger partial charge in [0.15, 0.2) is 5.75 Å². The van der Waals surface area contributed by atoms with E-state index in [2.05, 4.69) is 4.98 Å². The Bertz CT molecular complexity index is 1460. The zero-order chi connectivity index (χ0) is 23.9. The number of fused-ring (bicyclic) bond motifs is 1. The van der Waals surface area contributed by atoms with Crippen molar-refractivity contribution in [2.45, 2.75) is 15.8 Å². The SMILES string of the molecule is N[C@@H](C(=O)O)c1cc(Cl)c(Oc2ccc3[nH]cc(S(=O)(=O)c4ccc(Cl)cc4)c3c2)c(Cl)c1. The molecule has 0 aliphatic rings. The zero-order valence-corrected chi connectivity index (χ0v) is 19.6. The van der Waals surface area contributed by atoms with E-state index in [9.17, 15) is 13.2 Å². The van der Waals surface area contributed by atoms with Crippen molar-refractivity contribution in [1.29, 1.82) is 0 Å². The van der Waals surface area contributed by atoms with E-state index in [4.69, 9.17) is 50.4 Å². The van der Waals surface area contributed by atoms with Crippen molar-refractivity contribution in [3.63, 3.8) is 0 Å². The van der Waals surface area contributed by atoms with Crippen molar-refractivity contribution >= 4 is 61.5 Å². The second kappa shape index (κ2) is 8.89. The van der Waals surface area contributed by atoms with Gasteiger partial charge in [0.25, 0.3) is 0 Å². The summed E-state index contributed by atoms with van der Waals surface area (Å²) in [5, 5.41) is 10.0. The molecule has 170 valence electrons. The second-order valence-corrected chi connectivity index (χ2v) is 10.2. The van der Waals surface area contributed by atoms with Gasteiger partial charge in [0.1, 0.15) is 11.8 Å². The molecule has 0 spiro atoms. The molecular weight excluding hydrogens is 511 g/mol. The Morgan fingerprint density at radius 1 is 1.00 bits per heavy atom. The normalized spacial score (nSPS) is 12.6. The molecule has 3 aromatic carbocycles. The predicted octanol–water partition coefficient (Wildman–Crippen LogP) is 5.84. The molecule has 4 N–H and O–H groups in total. The monoisotopic (exact) mass is 524 g/mol. The quantitative estimate of drug-likeness (QED) is 0.291. The first-order chi connectivity index (χ1) is 15.6. The minimum atomic E-state index is -3.84. The van der Waals surface area contributed by atoms with Crippen LogP contribution < -0.4 is 10.5 Å². The number of sulfone groups is 1. The van der Waals surface area contributed by atoms with Gasteiger partial charge in [-0.05, 0) is 60.2 Å². The number of carboxylic acid groups (broad SMARTS) is 1. The Kier molecular flexibility index (Phi) is 6.30. The van der Waals surface area contributed by atoms with Crippen LogP contribution in [0.15, 0.2) is 70.6 Å². The van der Waals surface area contributed by atoms with E-state index in [1.165, 1.54) is 48.7 Å². The minimum absolute atomic E-state index is 0.0531. The number of hydrogen-bond donors (Lipinski definition) is 3. The van der Waals surface area contributed by atoms with E-state index in [0.29, 0.717) is 15.9 Å². The lowest BCUT2D eigenvalue weighted by molar-refractivity contribution is -0.138. The third kappa shape index (κ3) is 4.53. The summed E-state index contributed by atoms with van der Waals surface area (Å²) in [6.07, 6.45) is 1.40. The standard InChI is InChI=1S/C22H15Cl3N2O5S/c23-12-1-4-14(5-2-12)33(30,31)19-10-27-18-6-3-13(9-15(18)19)32-21-16(24)7-11(8-17(21)25)20(26)22(28)29/h1-10,20,27H,26H2,(H,28,29)/t20-/m1/s1. The number of carbonyl (C=O) groups is 1. The zero-order valence-electron chi connectivity index (χ0n) is 16.6. The Balaban J connectivity index is 1.73. The number of halogens is 3. The first kappa shape index (κ1) is 23.4. The summed E-state index contributed by atoms with van der Waals surface area (Å²) in [5.74, 6) is -0.881. The van der Waals surface area contributed by atoms with Crippen LogP contribution in [0.3, 0.4) is 0 Å².